The maximum absolute atomic E-state index is 5.54. The van der Waals surface area contributed by atoms with Gasteiger partial charge >= 0.3 is 0 Å². The number of nitrogens with one attached hydrogen (secondary N) is 1. The first-order chi connectivity index (χ1) is 12.7. The van der Waals surface area contributed by atoms with E-state index in [-0.39, 0.29) is 0 Å². The summed E-state index contributed by atoms with van der Waals surface area (Å²) in [6.45, 7) is 1.82. The van der Waals surface area contributed by atoms with Gasteiger partial charge in [0.1, 0.15) is 5.75 Å². The lowest BCUT2D eigenvalue weighted by Crippen LogP contribution is -2.20. The molecule has 3 aromatic rings. The largest absolute Gasteiger partial charge is 0.496 e. The Morgan fingerprint density at radius 3 is 2.85 bits per heavy atom. The first-order valence-electron chi connectivity index (χ1n) is 8.40. The van der Waals surface area contributed by atoms with Crippen LogP contribution in [0, 0.1) is 0 Å². The van der Waals surface area contributed by atoms with E-state index in [4.69, 9.17) is 4.74 Å². The van der Waals surface area contributed by atoms with Crippen molar-refractivity contribution in [2.75, 3.05) is 27.0 Å². The third-order valence-corrected chi connectivity index (χ3v) is 4.71. The fourth-order valence-electron chi connectivity index (χ4n) is 2.77. The van der Waals surface area contributed by atoms with Crippen molar-refractivity contribution in [1.29, 1.82) is 0 Å². The molecule has 7 heteroatoms. The summed E-state index contributed by atoms with van der Waals surface area (Å²) in [4.78, 5) is 11.2. The van der Waals surface area contributed by atoms with Crippen LogP contribution in [0.1, 0.15) is 11.1 Å². The van der Waals surface area contributed by atoms with Crippen LogP contribution in [-0.2, 0) is 13.0 Å². The van der Waals surface area contributed by atoms with Crippen LogP contribution in [0.25, 0.3) is 11.3 Å². The van der Waals surface area contributed by atoms with Crippen LogP contribution < -0.4 is 4.74 Å². The number of aromatic amines is 1. The summed E-state index contributed by atoms with van der Waals surface area (Å²) in [6.07, 6.45) is 8.55. The molecule has 0 radical (unpaired) electrons. The molecule has 0 saturated carbocycles. The van der Waals surface area contributed by atoms with Crippen molar-refractivity contribution in [2.24, 2.45) is 0 Å². The summed E-state index contributed by atoms with van der Waals surface area (Å²) in [5.74, 6) is 0.820. The van der Waals surface area contributed by atoms with Gasteiger partial charge in [-0.1, -0.05) is 17.8 Å². The van der Waals surface area contributed by atoms with E-state index in [9.17, 15) is 0 Å². The zero-order valence-corrected chi connectivity index (χ0v) is 16.1. The van der Waals surface area contributed by atoms with E-state index in [2.05, 4.69) is 44.2 Å². The summed E-state index contributed by atoms with van der Waals surface area (Å²) in [6, 6.07) is 8.19. The molecule has 0 bridgehead atoms. The van der Waals surface area contributed by atoms with E-state index in [0.717, 1.165) is 41.7 Å². The average Bonchev–Trinajstić information content (AvgIpc) is 3.20. The minimum absolute atomic E-state index is 0.757. The second-order valence-corrected chi connectivity index (χ2v) is 6.83. The summed E-state index contributed by atoms with van der Waals surface area (Å²) in [5.41, 5.74) is 4.31. The van der Waals surface area contributed by atoms with Crippen LogP contribution in [-0.4, -0.2) is 52.0 Å². The van der Waals surface area contributed by atoms with E-state index in [0.29, 0.717) is 0 Å². The van der Waals surface area contributed by atoms with Crippen molar-refractivity contribution in [3.63, 3.8) is 0 Å². The Morgan fingerprint density at radius 1 is 1.23 bits per heavy atom. The molecule has 0 unspecified atom stereocenters. The lowest BCUT2D eigenvalue weighted by molar-refractivity contribution is 0.331. The van der Waals surface area contributed by atoms with Crippen molar-refractivity contribution >= 4 is 11.8 Å². The Kier molecular flexibility index (Phi) is 6.25. The van der Waals surface area contributed by atoms with Crippen LogP contribution in [0.2, 0.25) is 0 Å². The predicted octanol–water partition coefficient (Wildman–Crippen LogP) is 3.27. The van der Waals surface area contributed by atoms with Crippen molar-refractivity contribution in [3.8, 4) is 17.0 Å². The van der Waals surface area contributed by atoms with Crippen LogP contribution in [0.5, 0.6) is 5.75 Å². The van der Waals surface area contributed by atoms with Gasteiger partial charge in [-0.25, -0.2) is 9.97 Å². The Labute approximate surface area is 158 Å². The first-order valence-corrected chi connectivity index (χ1v) is 9.62. The molecular weight excluding hydrogens is 346 g/mol. The molecule has 0 spiro atoms. The Bertz CT molecular complexity index is 838. The fourth-order valence-corrected chi connectivity index (χ4v) is 3.12. The summed E-state index contributed by atoms with van der Waals surface area (Å²) in [5, 5.41) is 7.60. The molecule has 0 fully saturated rings. The highest BCUT2D eigenvalue weighted by molar-refractivity contribution is 7.98. The highest BCUT2D eigenvalue weighted by atomic mass is 32.2. The number of rotatable bonds is 8. The third kappa shape index (κ3) is 4.62. The van der Waals surface area contributed by atoms with Gasteiger partial charge in [0.2, 0.25) is 0 Å². The SMILES string of the molecule is COc1ccc(CN(C)CCc2cn[nH]c2)cc1-c1ccnc(SC)n1. The number of thioether (sulfide) groups is 1. The molecule has 0 saturated heterocycles. The molecule has 0 aliphatic carbocycles. The van der Waals surface area contributed by atoms with E-state index in [1.807, 2.05) is 30.8 Å². The van der Waals surface area contributed by atoms with Crippen molar-refractivity contribution in [3.05, 3.63) is 54.0 Å². The first kappa shape index (κ1) is 18.4. The summed E-state index contributed by atoms with van der Waals surface area (Å²) >= 11 is 1.53. The van der Waals surface area contributed by atoms with E-state index >= 15 is 0 Å². The van der Waals surface area contributed by atoms with Gasteiger partial charge < -0.3 is 9.64 Å². The molecule has 136 valence electrons. The smallest absolute Gasteiger partial charge is 0.187 e. The van der Waals surface area contributed by atoms with Crippen LogP contribution >= 0.6 is 11.8 Å². The second-order valence-electron chi connectivity index (χ2n) is 6.06. The predicted molar refractivity (Wildman–Crippen MR) is 104 cm³/mol. The second kappa shape index (κ2) is 8.82. The van der Waals surface area contributed by atoms with Gasteiger partial charge in [0.15, 0.2) is 5.16 Å². The van der Waals surface area contributed by atoms with Crippen LogP contribution in [0.3, 0.4) is 0 Å². The van der Waals surface area contributed by atoms with E-state index < -0.39 is 0 Å². The lowest BCUT2D eigenvalue weighted by Gasteiger charge is -2.17. The van der Waals surface area contributed by atoms with Gasteiger partial charge in [0.05, 0.1) is 19.0 Å². The molecule has 26 heavy (non-hydrogen) atoms. The maximum Gasteiger partial charge on any atom is 0.187 e. The molecular formula is C19H23N5OS. The molecule has 0 aliphatic rings. The number of hydrogen-bond donors (Lipinski definition) is 1. The topological polar surface area (TPSA) is 66.9 Å². The van der Waals surface area contributed by atoms with Gasteiger partial charge in [-0.2, -0.15) is 5.10 Å². The third-order valence-electron chi connectivity index (χ3n) is 4.15. The van der Waals surface area contributed by atoms with Gasteiger partial charge in [-0.05, 0) is 49.1 Å². The normalized spacial score (nSPS) is 11.1. The molecule has 2 aromatic heterocycles. The number of likely N-dealkylation sites (N-methyl/N-ethyl adjacent to an activating group) is 1. The highest BCUT2D eigenvalue weighted by Gasteiger charge is 2.11. The monoisotopic (exact) mass is 369 g/mol. The van der Waals surface area contributed by atoms with Gasteiger partial charge in [0.25, 0.3) is 0 Å². The Morgan fingerprint density at radius 2 is 2.12 bits per heavy atom. The quantitative estimate of drug-likeness (QED) is 0.486. The zero-order chi connectivity index (χ0) is 18.4. The Hall–Kier alpha value is -2.38. The zero-order valence-electron chi connectivity index (χ0n) is 15.3. The van der Waals surface area contributed by atoms with Gasteiger partial charge in [0, 0.05) is 31.0 Å². The standard InChI is InChI=1S/C19H23N5OS/c1-24(9-7-15-11-21-22-12-15)13-14-4-5-18(25-2)16(10-14)17-6-8-20-19(23-17)26-3/h4-6,8,10-12H,7,9,13H2,1-3H3,(H,21,22). The number of aromatic nitrogens is 4. The number of H-pyrrole nitrogens is 1. The number of hydrogen-bond acceptors (Lipinski definition) is 6. The van der Waals surface area contributed by atoms with Crippen LogP contribution in [0.15, 0.2) is 48.0 Å². The van der Waals surface area contributed by atoms with E-state index in [1.165, 1.54) is 22.9 Å². The summed E-state index contributed by atoms with van der Waals surface area (Å²) < 4.78 is 5.54. The molecule has 2 heterocycles. The molecule has 3 rings (SSSR count). The fraction of sp³-hybridized carbons (Fsp3) is 0.316. The number of methoxy groups -OCH3 is 1. The molecule has 0 aliphatic heterocycles. The highest BCUT2D eigenvalue weighted by Crippen LogP contribution is 2.30. The van der Waals surface area contributed by atoms with Crippen molar-refractivity contribution in [1.82, 2.24) is 25.1 Å². The van der Waals surface area contributed by atoms with Crippen LogP contribution in [0.4, 0.5) is 0 Å². The number of benzene rings is 1. The van der Waals surface area contributed by atoms with E-state index in [1.54, 1.807) is 13.3 Å². The minimum atomic E-state index is 0.757. The molecule has 6 nitrogen and oxygen atoms in total. The van der Waals surface area contributed by atoms with Crippen molar-refractivity contribution < 1.29 is 4.74 Å². The minimum Gasteiger partial charge on any atom is -0.496 e. The maximum atomic E-state index is 5.54. The average molecular weight is 369 g/mol. The molecule has 0 amide bonds. The lowest BCUT2D eigenvalue weighted by atomic mass is 10.1. The number of nitrogens with zero attached hydrogens (tertiary/aromatic N) is 4. The van der Waals surface area contributed by atoms with Gasteiger partial charge in [-0.15, -0.1) is 0 Å². The van der Waals surface area contributed by atoms with Crippen molar-refractivity contribution in [2.45, 2.75) is 18.1 Å². The number of ether oxygens (including phenoxy) is 1. The molecule has 1 aromatic carbocycles. The van der Waals surface area contributed by atoms with Gasteiger partial charge in [-0.3, -0.25) is 5.10 Å². The summed E-state index contributed by atoms with van der Waals surface area (Å²) in [7, 11) is 3.81. The molecule has 0 atom stereocenters. The molecule has 1 N–H and O–H groups in total. The Balaban J connectivity index is 1.76.